The minimum absolute atomic E-state index is 0.00201. The summed E-state index contributed by atoms with van der Waals surface area (Å²) < 4.78 is 0. The fraction of sp³-hybridized carbons (Fsp3) is 0.304. The Bertz CT molecular complexity index is 996. The van der Waals surface area contributed by atoms with Crippen LogP contribution >= 0.6 is 0 Å². The second kappa shape index (κ2) is 7.50. The van der Waals surface area contributed by atoms with Crippen LogP contribution in [0.3, 0.4) is 0 Å². The first-order valence-corrected chi connectivity index (χ1v) is 9.72. The van der Waals surface area contributed by atoms with E-state index >= 15 is 0 Å². The van der Waals surface area contributed by atoms with Crippen molar-refractivity contribution < 1.29 is 9.59 Å². The first kappa shape index (κ1) is 18.3. The number of nitrogens with zero attached hydrogens (tertiary/aromatic N) is 2. The number of fused-ring (bicyclic) bond motifs is 1. The van der Waals surface area contributed by atoms with E-state index in [1.165, 1.54) is 5.56 Å². The molecule has 0 radical (unpaired) electrons. The van der Waals surface area contributed by atoms with Crippen molar-refractivity contribution in [2.24, 2.45) is 0 Å². The number of para-hydroxylation sites is 1. The number of rotatable bonds is 3. The third-order valence-corrected chi connectivity index (χ3v) is 5.53. The van der Waals surface area contributed by atoms with Crippen molar-refractivity contribution in [3.8, 4) is 0 Å². The molecule has 2 aromatic carbocycles. The Morgan fingerprint density at radius 1 is 0.929 bits per heavy atom. The van der Waals surface area contributed by atoms with E-state index in [0.717, 1.165) is 22.0 Å². The van der Waals surface area contributed by atoms with Gasteiger partial charge < -0.3 is 14.8 Å². The van der Waals surface area contributed by atoms with E-state index in [9.17, 15) is 9.59 Å². The maximum Gasteiger partial charge on any atom is 0.270 e. The van der Waals surface area contributed by atoms with Gasteiger partial charge in [0.2, 0.25) is 5.91 Å². The fourth-order valence-electron chi connectivity index (χ4n) is 3.78. The molecule has 1 saturated heterocycles. The quantitative estimate of drug-likeness (QED) is 0.764. The number of amides is 2. The molecule has 0 unspecified atom stereocenters. The Labute approximate surface area is 165 Å². The van der Waals surface area contributed by atoms with Gasteiger partial charge in [-0.05, 0) is 37.1 Å². The van der Waals surface area contributed by atoms with Gasteiger partial charge in [-0.3, -0.25) is 9.59 Å². The van der Waals surface area contributed by atoms with Crippen molar-refractivity contribution in [2.75, 3.05) is 26.2 Å². The third-order valence-electron chi connectivity index (χ3n) is 5.53. The summed E-state index contributed by atoms with van der Waals surface area (Å²) in [6.07, 6.45) is 0.420. The molecule has 5 nitrogen and oxygen atoms in total. The highest BCUT2D eigenvalue weighted by molar-refractivity contribution is 5.98. The number of piperazine rings is 1. The molecule has 1 aliphatic rings. The van der Waals surface area contributed by atoms with Crippen molar-refractivity contribution in [1.82, 2.24) is 14.8 Å². The van der Waals surface area contributed by atoms with Crippen LogP contribution in [0.1, 0.15) is 27.2 Å². The van der Waals surface area contributed by atoms with E-state index in [4.69, 9.17) is 0 Å². The molecule has 2 amide bonds. The molecule has 144 valence electrons. The highest BCUT2D eigenvalue weighted by Gasteiger charge is 2.25. The summed E-state index contributed by atoms with van der Waals surface area (Å²) in [5.74, 6) is 0.129. The minimum atomic E-state index is -0.00201. The zero-order valence-corrected chi connectivity index (χ0v) is 16.4. The van der Waals surface area contributed by atoms with E-state index in [0.29, 0.717) is 38.3 Å². The van der Waals surface area contributed by atoms with Crippen molar-refractivity contribution in [1.29, 1.82) is 0 Å². The Morgan fingerprint density at radius 2 is 1.64 bits per heavy atom. The lowest BCUT2D eigenvalue weighted by atomic mass is 10.0. The van der Waals surface area contributed by atoms with E-state index < -0.39 is 0 Å². The van der Waals surface area contributed by atoms with Gasteiger partial charge in [-0.15, -0.1) is 0 Å². The molecule has 0 spiro atoms. The molecule has 0 saturated carbocycles. The zero-order chi connectivity index (χ0) is 19.7. The summed E-state index contributed by atoms with van der Waals surface area (Å²) in [6, 6.07) is 16.0. The van der Waals surface area contributed by atoms with Crippen LogP contribution in [0.5, 0.6) is 0 Å². The number of carbonyl (C=O) groups excluding carboxylic acids is 2. The van der Waals surface area contributed by atoms with Gasteiger partial charge in [-0.2, -0.15) is 0 Å². The van der Waals surface area contributed by atoms with E-state index in [-0.39, 0.29) is 11.8 Å². The highest BCUT2D eigenvalue weighted by Crippen LogP contribution is 2.18. The lowest BCUT2D eigenvalue weighted by Gasteiger charge is -2.34. The van der Waals surface area contributed by atoms with Gasteiger partial charge in [-0.1, -0.05) is 42.0 Å². The standard InChI is InChI=1S/C23H25N3O2/c1-16-7-8-17(2)19(13-16)15-22(27)25-9-11-26(12-10-25)23(28)21-14-18-5-3-4-6-20(18)24-21/h3-8,13-14,24H,9-12,15H2,1-2H3. The highest BCUT2D eigenvalue weighted by atomic mass is 16.2. The maximum absolute atomic E-state index is 12.8. The van der Waals surface area contributed by atoms with Gasteiger partial charge in [0.1, 0.15) is 5.69 Å². The predicted molar refractivity (Wildman–Crippen MR) is 110 cm³/mol. The summed E-state index contributed by atoms with van der Waals surface area (Å²) >= 11 is 0. The van der Waals surface area contributed by atoms with Gasteiger partial charge in [0.05, 0.1) is 6.42 Å². The van der Waals surface area contributed by atoms with Crippen molar-refractivity contribution in [3.05, 3.63) is 70.9 Å². The zero-order valence-electron chi connectivity index (χ0n) is 16.4. The number of benzene rings is 2. The molecule has 1 N–H and O–H groups in total. The van der Waals surface area contributed by atoms with Gasteiger partial charge in [-0.25, -0.2) is 0 Å². The summed E-state index contributed by atoms with van der Waals surface area (Å²) in [5.41, 5.74) is 4.97. The lowest BCUT2D eigenvalue weighted by molar-refractivity contribution is -0.131. The summed E-state index contributed by atoms with van der Waals surface area (Å²) in [7, 11) is 0. The van der Waals surface area contributed by atoms with Crippen molar-refractivity contribution in [2.45, 2.75) is 20.3 Å². The van der Waals surface area contributed by atoms with Gasteiger partial charge in [0.25, 0.3) is 5.91 Å². The number of aromatic amines is 1. The Kier molecular flexibility index (Phi) is 4.90. The second-order valence-corrected chi connectivity index (χ2v) is 7.55. The number of hydrogen-bond donors (Lipinski definition) is 1. The average molecular weight is 375 g/mol. The Balaban J connectivity index is 1.38. The first-order chi connectivity index (χ1) is 13.5. The largest absolute Gasteiger partial charge is 0.351 e. The molecule has 1 aliphatic heterocycles. The summed E-state index contributed by atoms with van der Waals surface area (Å²) in [6.45, 7) is 6.37. The van der Waals surface area contributed by atoms with Crippen LogP contribution in [0.2, 0.25) is 0 Å². The molecular weight excluding hydrogens is 350 g/mol. The molecule has 0 bridgehead atoms. The topological polar surface area (TPSA) is 56.4 Å². The average Bonchev–Trinajstić information content (AvgIpc) is 3.14. The van der Waals surface area contributed by atoms with Crippen LogP contribution in [-0.2, 0) is 11.2 Å². The van der Waals surface area contributed by atoms with Crippen LogP contribution in [0, 0.1) is 13.8 Å². The molecule has 5 heteroatoms. The van der Waals surface area contributed by atoms with Crippen LogP contribution in [0.15, 0.2) is 48.5 Å². The molecule has 28 heavy (non-hydrogen) atoms. The van der Waals surface area contributed by atoms with Crippen LogP contribution in [0.4, 0.5) is 0 Å². The van der Waals surface area contributed by atoms with Crippen LogP contribution in [0.25, 0.3) is 10.9 Å². The van der Waals surface area contributed by atoms with Crippen molar-refractivity contribution >= 4 is 22.7 Å². The number of nitrogens with one attached hydrogen (secondary N) is 1. The fourth-order valence-corrected chi connectivity index (χ4v) is 3.78. The summed E-state index contributed by atoms with van der Waals surface area (Å²) in [5, 5.41) is 1.04. The molecule has 1 fully saturated rings. The Hall–Kier alpha value is -3.08. The monoisotopic (exact) mass is 375 g/mol. The molecule has 3 aromatic rings. The van der Waals surface area contributed by atoms with Gasteiger partial charge in [0, 0.05) is 37.1 Å². The molecule has 4 rings (SSSR count). The number of carbonyl (C=O) groups is 2. The molecular formula is C23H25N3O2. The maximum atomic E-state index is 12.8. The van der Waals surface area contributed by atoms with Crippen LogP contribution in [-0.4, -0.2) is 52.8 Å². The van der Waals surface area contributed by atoms with Crippen molar-refractivity contribution in [3.63, 3.8) is 0 Å². The first-order valence-electron chi connectivity index (χ1n) is 9.72. The third kappa shape index (κ3) is 3.65. The summed E-state index contributed by atoms with van der Waals surface area (Å²) in [4.78, 5) is 32.4. The normalized spacial score (nSPS) is 14.5. The molecule has 1 aromatic heterocycles. The van der Waals surface area contributed by atoms with E-state index in [1.54, 1.807) is 0 Å². The molecule has 0 aliphatic carbocycles. The Morgan fingerprint density at radius 3 is 2.39 bits per heavy atom. The SMILES string of the molecule is Cc1ccc(C)c(CC(=O)N2CCN(C(=O)c3cc4ccccc4[nH]3)CC2)c1. The predicted octanol–water partition coefficient (Wildman–Crippen LogP) is 3.31. The van der Waals surface area contributed by atoms with Gasteiger partial charge >= 0.3 is 0 Å². The van der Waals surface area contributed by atoms with E-state index in [2.05, 4.69) is 23.2 Å². The lowest BCUT2D eigenvalue weighted by Crippen LogP contribution is -2.51. The minimum Gasteiger partial charge on any atom is -0.351 e. The number of aromatic nitrogens is 1. The smallest absolute Gasteiger partial charge is 0.270 e. The number of hydrogen-bond acceptors (Lipinski definition) is 2. The van der Waals surface area contributed by atoms with Crippen LogP contribution < -0.4 is 0 Å². The second-order valence-electron chi connectivity index (χ2n) is 7.55. The van der Waals surface area contributed by atoms with E-state index in [1.807, 2.05) is 54.0 Å². The van der Waals surface area contributed by atoms with Gasteiger partial charge in [0.15, 0.2) is 0 Å². The number of H-pyrrole nitrogens is 1. The molecule has 0 atom stereocenters. The number of aryl methyl sites for hydroxylation is 2. The molecule has 2 heterocycles.